The van der Waals surface area contributed by atoms with E-state index in [4.69, 9.17) is 9.47 Å². The maximum atomic E-state index is 12.6. The molecule has 1 heterocycles. The Morgan fingerprint density at radius 1 is 0.829 bits per heavy atom. The van der Waals surface area contributed by atoms with Gasteiger partial charge < -0.3 is 24.6 Å². The highest BCUT2D eigenvalue weighted by Gasteiger charge is 2.27. The fourth-order valence-electron chi connectivity index (χ4n) is 3.85. The van der Waals surface area contributed by atoms with Crippen molar-refractivity contribution >= 4 is 17.8 Å². The Kier molecular flexibility index (Phi) is 9.97. The predicted molar refractivity (Wildman–Crippen MR) is 138 cm³/mol. The van der Waals surface area contributed by atoms with Gasteiger partial charge >= 0.3 is 12.1 Å². The van der Waals surface area contributed by atoms with Crippen molar-refractivity contribution in [1.82, 2.24) is 9.80 Å². The van der Waals surface area contributed by atoms with Gasteiger partial charge in [-0.15, -0.1) is 0 Å². The minimum atomic E-state index is -0.519. The van der Waals surface area contributed by atoms with Gasteiger partial charge in [-0.1, -0.05) is 48.9 Å². The van der Waals surface area contributed by atoms with Crippen molar-refractivity contribution in [2.45, 2.75) is 58.7 Å². The number of piperazine rings is 1. The lowest BCUT2D eigenvalue weighted by Crippen LogP contribution is -2.52. The van der Waals surface area contributed by atoms with Crippen LogP contribution in [0.5, 0.6) is 0 Å². The number of rotatable bonds is 9. The van der Waals surface area contributed by atoms with Crippen molar-refractivity contribution in [2.24, 2.45) is 0 Å². The second-order valence-electron chi connectivity index (χ2n) is 9.93. The Balaban J connectivity index is 1.29. The smallest absolute Gasteiger partial charge is 0.410 e. The summed E-state index contributed by atoms with van der Waals surface area (Å²) in [5, 5.41) is 2.96. The number of carbonyl (C=O) groups excluding carboxylic acids is 2. The topological polar surface area (TPSA) is 71.1 Å². The van der Waals surface area contributed by atoms with Crippen molar-refractivity contribution in [3.05, 3.63) is 65.7 Å². The van der Waals surface area contributed by atoms with Gasteiger partial charge in [0.15, 0.2) is 0 Å². The Labute approximate surface area is 209 Å². The fourth-order valence-corrected chi connectivity index (χ4v) is 3.85. The minimum absolute atomic E-state index is 0.142. The molecule has 2 aromatic carbocycles. The Morgan fingerprint density at radius 2 is 1.49 bits per heavy atom. The molecule has 1 aliphatic heterocycles. The number of carbonyl (C=O) groups is 2. The summed E-state index contributed by atoms with van der Waals surface area (Å²) in [6.45, 7) is 8.92. The molecule has 1 aliphatic rings. The predicted octanol–water partition coefficient (Wildman–Crippen LogP) is 5.70. The summed E-state index contributed by atoms with van der Waals surface area (Å²) in [5.41, 5.74) is 2.74. The van der Waals surface area contributed by atoms with Crippen molar-refractivity contribution < 1.29 is 19.1 Å². The lowest BCUT2D eigenvalue weighted by atomic mass is 10.1. The van der Waals surface area contributed by atoms with Gasteiger partial charge in [-0.25, -0.2) is 9.59 Å². The molecule has 0 aliphatic carbocycles. The maximum absolute atomic E-state index is 12.6. The lowest BCUT2D eigenvalue weighted by molar-refractivity contribution is 0.0174. The molecule has 1 saturated heterocycles. The van der Waals surface area contributed by atoms with E-state index in [0.29, 0.717) is 32.8 Å². The lowest BCUT2D eigenvalue weighted by Gasteiger charge is -2.35. The first-order chi connectivity index (χ1) is 16.8. The third-order valence-electron chi connectivity index (χ3n) is 5.79. The Hall–Kier alpha value is -3.06. The molecule has 35 heavy (non-hydrogen) atoms. The molecular weight excluding hydrogens is 442 g/mol. The van der Waals surface area contributed by atoms with Crippen LogP contribution in [-0.4, -0.2) is 60.3 Å². The van der Waals surface area contributed by atoms with E-state index >= 15 is 0 Å². The molecule has 2 aromatic rings. The Bertz CT molecular complexity index is 917. The highest BCUT2D eigenvalue weighted by molar-refractivity contribution is 5.89. The summed E-state index contributed by atoms with van der Waals surface area (Å²) in [7, 11) is 0. The molecule has 1 N–H and O–H groups in total. The molecular formula is C28H39N3O4. The highest BCUT2D eigenvalue weighted by Crippen LogP contribution is 2.15. The van der Waals surface area contributed by atoms with Crippen LogP contribution in [0.2, 0.25) is 0 Å². The molecule has 7 heteroatoms. The average molecular weight is 482 g/mol. The van der Waals surface area contributed by atoms with Crippen LogP contribution in [0, 0.1) is 0 Å². The summed E-state index contributed by atoms with van der Waals surface area (Å²) in [6, 6.07) is 18.1. The van der Waals surface area contributed by atoms with Crippen LogP contribution in [0.25, 0.3) is 0 Å². The number of amides is 3. The largest absolute Gasteiger partial charge is 0.444 e. The number of anilines is 1. The number of hydrogen-bond acceptors (Lipinski definition) is 4. The van der Waals surface area contributed by atoms with Crippen LogP contribution in [0.3, 0.4) is 0 Å². The second-order valence-corrected chi connectivity index (χ2v) is 9.93. The monoisotopic (exact) mass is 481 g/mol. The molecule has 0 bridgehead atoms. The summed E-state index contributed by atoms with van der Waals surface area (Å²) < 4.78 is 11.2. The standard InChI is InChI=1S/C28H39N3O4/c1-28(2,3)35-27(33)31-19-17-30(18-20-31)26(32)29-25-15-13-23(14-16-25)10-8-5-9-21-34-22-24-11-6-4-7-12-24/h4,6-7,11-16H,5,8-10,17-22H2,1-3H3,(H,29,32). The van der Waals surface area contributed by atoms with Gasteiger partial charge in [-0.2, -0.15) is 0 Å². The zero-order chi connectivity index (χ0) is 25.1. The molecule has 1 fully saturated rings. The Morgan fingerprint density at radius 3 is 2.14 bits per heavy atom. The van der Waals surface area contributed by atoms with Crippen LogP contribution in [0.1, 0.15) is 51.2 Å². The summed E-state index contributed by atoms with van der Waals surface area (Å²) in [5.74, 6) is 0. The highest BCUT2D eigenvalue weighted by atomic mass is 16.6. The molecule has 0 radical (unpaired) electrons. The zero-order valence-electron chi connectivity index (χ0n) is 21.3. The summed E-state index contributed by atoms with van der Waals surface area (Å²) in [4.78, 5) is 28.2. The molecule has 0 unspecified atom stereocenters. The molecule has 0 aromatic heterocycles. The van der Waals surface area contributed by atoms with Gasteiger partial charge in [0, 0.05) is 38.5 Å². The number of hydrogen-bond donors (Lipinski definition) is 1. The maximum Gasteiger partial charge on any atom is 0.410 e. The third kappa shape index (κ3) is 9.61. The van der Waals surface area contributed by atoms with Gasteiger partial charge in [-0.3, -0.25) is 0 Å². The first kappa shape index (κ1) is 26.5. The summed E-state index contributed by atoms with van der Waals surface area (Å²) >= 11 is 0. The van der Waals surface area contributed by atoms with Gasteiger partial charge in [0.1, 0.15) is 5.60 Å². The molecule has 0 spiro atoms. The van der Waals surface area contributed by atoms with E-state index in [9.17, 15) is 9.59 Å². The first-order valence-electron chi connectivity index (χ1n) is 12.5. The van der Waals surface area contributed by atoms with Gasteiger partial charge in [0.2, 0.25) is 0 Å². The minimum Gasteiger partial charge on any atom is -0.444 e. The summed E-state index contributed by atoms with van der Waals surface area (Å²) in [6.07, 6.45) is 3.99. The first-order valence-corrected chi connectivity index (χ1v) is 12.5. The average Bonchev–Trinajstić information content (AvgIpc) is 2.84. The third-order valence-corrected chi connectivity index (χ3v) is 5.79. The van der Waals surface area contributed by atoms with Crippen LogP contribution in [0.4, 0.5) is 15.3 Å². The molecule has 190 valence electrons. The number of aryl methyl sites for hydroxylation is 1. The number of urea groups is 1. The van der Waals surface area contributed by atoms with Crippen LogP contribution in [0.15, 0.2) is 54.6 Å². The van der Waals surface area contributed by atoms with Gasteiger partial charge in [0.25, 0.3) is 0 Å². The van der Waals surface area contributed by atoms with Crippen LogP contribution < -0.4 is 5.32 Å². The van der Waals surface area contributed by atoms with E-state index in [-0.39, 0.29) is 12.1 Å². The number of benzene rings is 2. The van der Waals surface area contributed by atoms with E-state index < -0.39 is 5.60 Å². The quantitative estimate of drug-likeness (QED) is 0.466. The molecule has 0 atom stereocenters. The number of unbranched alkanes of at least 4 members (excludes halogenated alkanes) is 2. The normalized spacial score (nSPS) is 14.0. The second kappa shape index (κ2) is 13.1. The molecule has 3 amide bonds. The van der Waals surface area contributed by atoms with E-state index in [1.807, 2.05) is 51.1 Å². The molecule has 3 rings (SSSR count). The molecule has 7 nitrogen and oxygen atoms in total. The van der Waals surface area contributed by atoms with Crippen LogP contribution in [-0.2, 0) is 22.5 Å². The van der Waals surface area contributed by atoms with Gasteiger partial charge in [-0.05, 0) is 63.3 Å². The van der Waals surface area contributed by atoms with E-state index in [2.05, 4.69) is 29.6 Å². The van der Waals surface area contributed by atoms with Crippen LogP contribution >= 0.6 is 0 Å². The van der Waals surface area contributed by atoms with Crippen molar-refractivity contribution in [3.8, 4) is 0 Å². The van der Waals surface area contributed by atoms with Crippen molar-refractivity contribution in [2.75, 3.05) is 38.1 Å². The van der Waals surface area contributed by atoms with Crippen molar-refractivity contribution in [1.29, 1.82) is 0 Å². The fraction of sp³-hybridized carbons (Fsp3) is 0.500. The van der Waals surface area contributed by atoms with E-state index in [1.165, 1.54) is 11.1 Å². The van der Waals surface area contributed by atoms with Gasteiger partial charge in [0.05, 0.1) is 6.61 Å². The van der Waals surface area contributed by atoms with E-state index in [1.54, 1.807) is 9.80 Å². The molecule has 0 saturated carbocycles. The SMILES string of the molecule is CC(C)(C)OC(=O)N1CCN(C(=O)Nc2ccc(CCCCCOCc3ccccc3)cc2)CC1. The zero-order valence-corrected chi connectivity index (χ0v) is 21.3. The van der Waals surface area contributed by atoms with E-state index in [0.717, 1.165) is 38.0 Å². The van der Waals surface area contributed by atoms with Crippen molar-refractivity contribution in [3.63, 3.8) is 0 Å². The number of nitrogens with one attached hydrogen (secondary N) is 1. The number of nitrogens with zero attached hydrogens (tertiary/aromatic N) is 2. The number of ether oxygens (including phenoxy) is 2.